The first-order chi connectivity index (χ1) is 8.36. The third kappa shape index (κ3) is 1.41. The molecule has 0 amide bonds. The summed E-state index contributed by atoms with van der Waals surface area (Å²) in [7, 11) is 0. The topological polar surface area (TPSA) is 29.9 Å². The van der Waals surface area contributed by atoms with Crippen molar-refractivity contribution in [1.29, 1.82) is 0 Å². The molecule has 1 N–H and O–H groups in total. The van der Waals surface area contributed by atoms with Crippen molar-refractivity contribution in [2.24, 2.45) is 23.7 Å². The van der Waals surface area contributed by atoms with Gasteiger partial charge in [-0.3, -0.25) is 0 Å². The van der Waals surface area contributed by atoms with E-state index in [0.29, 0.717) is 0 Å². The van der Waals surface area contributed by atoms with Gasteiger partial charge < -0.3 is 5.32 Å². The van der Waals surface area contributed by atoms with Gasteiger partial charge in [0.1, 0.15) is 0 Å². The maximum atomic E-state index is 4.21. The fraction of sp³-hybridized carbons (Fsp3) is 0.643. The van der Waals surface area contributed by atoms with E-state index in [0.717, 1.165) is 36.3 Å². The van der Waals surface area contributed by atoms with Gasteiger partial charge in [0, 0.05) is 30.5 Å². The van der Waals surface area contributed by atoms with E-state index in [1.165, 1.54) is 24.8 Å². The predicted molar refractivity (Wildman–Crippen MR) is 67.1 cm³/mol. The Labute approximate surface area is 102 Å². The van der Waals surface area contributed by atoms with Gasteiger partial charge in [0.05, 0.1) is 6.20 Å². The van der Waals surface area contributed by atoms with Gasteiger partial charge in [-0.25, -0.2) is 4.68 Å². The Hall–Kier alpha value is -1.09. The van der Waals surface area contributed by atoms with E-state index < -0.39 is 0 Å². The van der Waals surface area contributed by atoms with Gasteiger partial charge in [-0.1, -0.05) is 6.58 Å². The van der Waals surface area contributed by atoms with Gasteiger partial charge in [0.25, 0.3) is 0 Å². The van der Waals surface area contributed by atoms with Crippen molar-refractivity contribution >= 4 is 6.20 Å². The van der Waals surface area contributed by atoms with Crippen molar-refractivity contribution in [2.75, 3.05) is 0 Å². The minimum absolute atomic E-state index is 0.813. The van der Waals surface area contributed by atoms with Gasteiger partial charge in [-0.15, -0.1) is 0 Å². The zero-order valence-electron chi connectivity index (χ0n) is 10.0. The van der Waals surface area contributed by atoms with Gasteiger partial charge in [-0.2, -0.15) is 5.10 Å². The highest BCUT2D eigenvalue weighted by Gasteiger charge is 2.64. The van der Waals surface area contributed by atoms with Crippen LogP contribution in [0.15, 0.2) is 19.0 Å². The summed E-state index contributed by atoms with van der Waals surface area (Å²) < 4.78 is 1.77. The van der Waals surface area contributed by atoms with Gasteiger partial charge in [0.2, 0.25) is 0 Å². The van der Waals surface area contributed by atoms with Crippen LogP contribution >= 0.6 is 0 Å². The molecule has 3 fully saturated rings. The number of aromatic nitrogens is 2. The molecule has 17 heavy (non-hydrogen) atoms. The first-order valence-electron chi connectivity index (χ1n) is 6.76. The predicted octanol–water partition coefficient (Wildman–Crippen LogP) is 2.12. The molecule has 0 aromatic carbocycles. The molecule has 1 aromatic rings. The zero-order chi connectivity index (χ0) is 11.4. The average Bonchev–Trinajstić information content (AvgIpc) is 2.81. The number of nitrogens with one attached hydrogen (secondary N) is 1. The third-order valence-corrected chi connectivity index (χ3v) is 5.12. The monoisotopic (exact) mass is 229 g/mol. The molecule has 2 bridgehead atoms. The van der Waals surface area contributed by atoms with Crippen molar-refractivity contribution in [3.05, 3.63) is 24.5 Å². The smallest absolute Gasteiger partial charge is 0.0538 e. The minimum Gasteiger partial charge on any atom is -0.309 e. The lowest BCUT2D eigenvalue weighted by molar-refractivity contribution is 0.456. The molecule has 4 atom stereocenters. The molecule has 90 valence electrons. The highest BCUT2D eigenvalue weighted by atomic mass is 15.2. The van der Waals surface area contributed by atoms with Crippen molar-refractivity contribution in [1.82, 2.24) is 15.1 Å². The van der Waals surface area contributed by atoms with Crippen LogP contribution in [0.25, 0.3) is 6.20 Å². The molecular formula is C14H19N3. The Kier molecular flexibility index (Phi) is 2.01. The van der Waals surface area contributed by atoms with E-state index in [1.807, 2.05) is 12.4 Å². The molecule has 3 nitrogen and oxygen atoms in total. The Morgan fingerprint density at radius 1 is 1.41 bits per heavy atom. The molecular weight excluding hydrogens is 210 g/mol. The summed E-state index contributed by atoms with van der Waals surface area (Å²) in [5, 5.41) is 7.93. The van der Waals surface area contributed by atoms with E-state index >= 15 is 0 Å². The van der Waals surface area contributed by atoms with E-state index in [1.54, 1.807) is 10.9 Å². The molecule has 3 saturated carbocycles. The summed E-state index contributed by atoms with van der Waals surface area (Å²) in [6, 6.07) is 0.813. The molecule has 0 saturated heterocycles. The largest absolute Gasteiger partial charge is 0.309 e. The fourth-order valence-corrected chi connectivity index (χ4v) is 4.40. The molecule has 3 aliphatic rings. The van der Waals surface area contributed by atoms with Crippen LogP contribution in [-0.2, 0) is 6.54 Å². The second-order valence-corrected chi connectivity index (χ2v) is 5.91. The van der Waals surface area contributed by atoms with Crippen molar-refractivity contribution in [3.63, 3.8) is 0 Å². The van der Waals surface area contributed by atoms with Crippen molar-refractivity contribution in [2.45, 2.75) is 31.8 Å². The SMILES string of the molecule is C=Cn1cc(CNC2C3C4CCC(C4)C23)cn1. The van der Waals surface area contributed by atoms with Gasteiger partial charge in [-0.05, 0) is 42.9 Å². The molecule has 1 heterocycles. The lowest BCUT2D eigenvalue weighted by Gasteiger charge is -2.09. The fourth-order valence-electron chi connectivity index (χ4n) is 4.40. The first-order valence-corrected chi connectivity index (χ1v) is 6.76. The standard InChI is InChI=1S/C14H19N3/c1-2-17-8-9(7-16-17)6-15-14-12-10-3-4-11(5-10)13(12)14/h2,7-8,10-15H,1,3-6H2. The normalized spacial score (nSPS) is 41.5. The van der Waals surface area contributed by atoms with E-state index in [-0.39, 0.29) is 0 Å². The summed E-state index contributed by atoms with van der Waals surface area (Å²) in [5.41, 5.74) is 1.27. The lowest BCUT2D eigenvalue weighted by atomic mass is 10.0. The van der Waals surface area contributed by atoms with E-state index in [2.05, 4.69) is 17.0 Å². The van der Waals surface area contributed by atoms with E-state index in [9.17, 15) is 0 Å². The van der Waals surface area contributed by atoms with Crippen LogP contribution in [0.5, 0.6) is 0 Å². The third-order valence-electron chi connectivity index (χ3n) is 5.12. The zero-order valence-corrected chi connectivity index (χ0v) is 10.0. The number of hydrogen-bond acceptors (Lipinski definition) is 2. The Morgan fingerprint density at radius 2 is 2.18 bits per heavy atom. The maximum Gasteiger partial charge on any atom is 0.0538 e. The Bertz CT molecular complexity index is 434. The number of hydrogen-bond donors (Lipinski definition) is 1. The summed E-state index contributed by atoms with van der Waals surface area (Å²) >= 11 is 0. The quantitative estimate of drug-likeness (QED) is 0.857. The van der Waals surface area contributed by atoms with Crippen LogP contribution in [0.1, 0.15) is 24.8 Å². The summed E-state index contributed by atoms with van der Waals surface area (Å²) in [6.45, 7) is 4.67. The second-order valence-electron chi connectivity index (χ2n) is 5.91. The van der Waals surface area contributed by atoms with E-state index in [4.69, 9.17) is 0 Å². The Morgan fingerprint density at radius 3 is 2.82 bits per heavy atom. The number of nitrogens with zero attached hydrogens (tertiary/aromatic N) is 2. The van der Waals surface area contributed by atoms with Crippen LogP contribution in [0.4, 0.5) is 0 Å². The van der Waals surface area contributed by atoms with Crippen molar-refractivity contribution < 1.29 is 0 Å². The van der Waals surface area contributed by atoms with Crippen LogP contribution in [-0.4, -0.2) is 15.8 Å². The Balaban J connectivity index is 1.36. The number of rotatable bonds is 4. The van der Waals surface area contributed by atoms with Gasteiger partial charge in [0.15, 0.2) is 0 Å². The molecule has 0 aliphatic heterocycles. The van der Waals surface area contributed by atoms with Crippen molar-refractivity contribution in [3.8, 4) is 0 Å². The highest BCUT2D eigenvalue weighted by molar-refractivity contribution is 5.20. The van der Waals surface area contributed by atoms with Crippen LogP contribution in [0.3, 0.4) is 0 Å². The molecule has 4 unspecified atom stereocenters. The highest BCUT2D eigenvalue weighted by Crippen LogP contribution is 2.65. The second kappa shape index (κ2) is 3.45. The molecule has 0 radical (unpaired) electrons. The molecule has 4 rings (SSSR count). The molecule has 3 aliphatic carbocycles. The number of fused-ring (bicyclic) bond motifs is 5. The van der Waals surface area contributed by atoms with Crippen LogP contribution in [0, 0.1) is 23.7 Å². The summed E-state index contributed by atoms with van der Waals surface area (Å²) in [6.07, 6.45) is 10.2. The van der Waals surface area contributed by atoms with Gasteiger partial charge >= 0.3 is 0 Å². The first kappa shape index (κ1) is 9.89. The lowest BCUT2D eigenvalue weighted by Crippen LogP contribution is -2.22. The summed E-state index contributed by atoms with van der Waals surface area (Å²) in [5.74, 6) is 4.14. The minimum atomic E-state index is 0.813. The van der Waals surface area contributed by atoms with Crippen LogP contribution in [0.2, 0.25) is 0 Å². The molecule has 3 heteroatoms. The molecule has 0 spiro atoms. The molecule has 1 aromatic heterocycles. The summed E-state index contributed by atoms with van der Waals surface area (Å²) in [4.78, 5) is 0. The van der Waals surface area contributed by atoms with Crippen LogP contribution < -0.4 is 5.32 Å². The average molecular weight is 229 g/mol. The maximum absolute atomic E-state index is 4.21.